The topological polar surface area (TPSA) is 49.2 Å². The van der Waals surface area contributed by atoms with E-state index in [4.69, 9.17) is 9.47 Å². The maximum atomic E-state index is 14.5. The fourth-order valence-electron chi connectivity index (χ4n) is 3.73. The van der Waals surface area contributed by atoms with E-state index in [-0.39, 0.29) is 5.82 Å². The normalized spacial score (nSPS) is 11.2. The van der Waals surface area contributed by atoms with Gasteiger partial charge < -0.3 is 9.47 Å². The molecule has 5 aromatic rings. The predicted octanol–water partition coefficient (Wildman–Crippen LogP) is 5.40. The molecule has 5 rings (SSSR count). The third kappa shape index (κ3) is 2.85. The molecular weight excluding hydrogens is 381 g/mol. The smallest absolute Gasteiger partial charge is 0.147 e. The first-order valence-corrected chi connectivity index (χ1v) is 9.42. The van der Waals surface area contributed by atoms with Gasteiger partial charge in [-0.05, 0) is 48.0 Å². The van der Waals surface area contributed by atoms with Gasteiger partial charge in [0.05, 0.1) is 37.1 Å². The highest BCUT2D eigenvalue weighted by Gasteiger charge is 2.15. The van der Waals surface area contributed by atoms with Crippen LogP contribution >= 0.6 is 0 Å². The zero-order valence-corrected chi connectivity index (χ0v) is 16.5. The van der Waals surface area contributed by atoms with E-state index in [0.29, 0.717) is 11.2 Å². The molecule has 0 radical (unpaired) electrons. The second-order valence-electron chi connectivity index (χ2n) is 6.86. The van der Waals surface area contributed by atoms with Crippen LogP contribution in [0.25, 0.3) is 38.8 Å². The minimum absolute atomic E-state index is 0.313. The molecule has 0 saturated heterocycles. The van der Waals surface area contributed by atoms with Gasteiger partial charge in [0, 0.05) is 10.9 Å². The number of hydrogen-bond acceptors (Lipinski definition) is 4. The second kappa shape index (κ2) is 7.15. The van der Waals surface area contributed by atoms with Crippen molar-refractivity contribution in [2.75, 3.05) is 14.2 Å². The Balaban J connectivity index is 1.80. The van der Waals surface area contributed by atoms with Gasteiger partial charge in [-0.1, -0.05) is 18.2 Å². The van der Waals surface area contributed by atoms with Gasteiger partial charge in [-0.3, -0.25) is 9.55 Å². The van der Waals surface area contributed by atoms with Crippen LogP contribution in [-0.4, -0.2) is 28.8 Å². The van der Waals surface area contributed by atoms with Gasteiger partial charge in [-0.15, -0.1) is 0 Å². The average Bonchev–Trinajstić information content (AvgIpc) is 3.23. The average molecular weight is 399 g/mol. The van der Waals surface area contributed by atoms with Crippen molar-refractivity contribution in [1.29, 1.82) is 0 Å². The van der Waals surface area contributed by atoms with Crippen LogP contribution in [0.15, 0.2) is 73.2 Å². The number of rotatable bonds is 4. The largest absolute Gasteiger partial charge is 0.497 e. The highest BCUT2D eigenvalue weighted by atomic mass is 19.1. The second-order valence-corrected chi connectivity index (χ2v) is 6.86. The van der Waals surface area contributed by atoms with Gasteiger partial charge in [-0.2, -0.15) is 0 Å². The number of pyridine rings is 1. The van der Waals surface area contributed by atoms with Crippen molar-refractivity contribution in [3.8, 4) is 28.3 Å². The number of hydrogen-bond donors (Lipinski definition) is 0. The molecule has 0 bridgehead atoms. The lowest BCUT2D eigenvalue weighted by Crippen LogP contribution is -1.97. The molecule has 148 valence electrons. The monoisotopic (exact) mass is 399 g/mol. The molecule has 0 N–H and O–H groups in total. The standard InChI is InChI=1S/C24H18FN3O2/c1-29-16-8-10-23(30-2)17(12-16)15-7-9-20-18(11-15)24-21(13-26-20)27-14-28(24)22-6-4-3-5-19(22)25/h3-14H,1-2H3. The Morgan fingerprint density at radius 3 is 2.53 bits per heavy atom. The van der Waals surface area contributed by atoms with Crippen molar-refractivity contribution in [3.63, 3.8) is 0 Å². The zero-order chi connectivity index (χ0) is 20.7. The molecule has 0 aliphatic carbocycles. The summed E-state index contributed by atoms with van der Waals surface area (Å²) in [4.78, 5) is 8.96. The van der Waals surface area contributed by atoms with E-state index in [1.165, 1.54) is 6.07 Å². The van der Waals surface area contributed by atoms with Crippen LogP contribution in [0.2, 0.25) is 0 Å². The molecule has 0 atom stereocenters. The molecule has 2 heterocycles. The molecular formula is C24H18FN3O2. The predicted molar refractivity (Wildman–Crippen MR) is 115 cm³/mol. The maximum Gasteiger partial charge on any atom is 0.147 e. The number of halogens is 1. The fourth-order valence-corrected chi connectivity index (χ4v) is 3.73. The number of methoxy groups -OCH3 is 2. The molecule has 0 saturated carbocycles. The zero-order valence-electron chi connectivity index (χ0n) is 16.5. The maximum absolute atomic E-state index is 14.5. The van der Waals surface area contributed by atoms with Crippen molar-refractivity contribution in [2.45, 2.75) is 0 Å². The van der Waals surface area contributed by atoms with E-state index in [9.17, 15) is 4.39 Å². The van der Waals surface area contributed by atoms with Crippen molar-refractivity contribution in [2.24, 2.45) is 0 Å². The molecule has 30 heavy (non-hydrogen) atoms. The summed E-state index contributed by atoms with van der Waals surface area (Å²) in [6.07, 6.45) is 3.34. The number of nitrogens with zero attached hydrogens (tertiary/aromatic N) is 3. The summed E-state index contributed by atoms with van der Waals surface area (Å²) in [7, 11) is 3.27. The lowest BCUT2D eigenvalue weighted by molar-refractivity contribution is 0.404. The van der Waals surface area contributed by atoms with E-state index in [2.05, 4.69) is 9.97 Å². The Kier molecular flexibility index (Phi) is 4.32. The number of benzene rings is 3. The van der Waals surface area contributed by atoms with Crippen LogP contribution in [0, 0.1) is 5.82 Å². The highest BCUT2D eigenvalue weighted by molar-refractivity contribution is 6.04. The van der Waals surface area contributed by atoms with E-state index in [0.717, 1.165) is 39.0 Å². The first-order chi connectivity index (χ1) is 14.7. The number of imidazole rings is 1. The summed E-state index contributed by atoms with van der Waals surface area (Å²) >= 11 is 0. The summed E-state index contributed by atoms with van der Waals surface area (Å²) in [5.74, 6) is 1.16. The van der Waals surface area contributed by atoms with Gasteiger partial charge >= 0.3 is 0 Å². The first kappa shape index (κ1) is 18.1. The molecule has 0 aliphatic heterocycles. The van der Waals surface area contributed by atoms with Crippen molar-refractivity contribution in [1.82, 2.24) is 14.5 Å². The third-order valence-electron chi connectivity index (χ3n) is 5.20. The lowest BCUT2D eigenvalue weighted by atomic mass is 10.0. The lowest BCUT2D eigenvalue weighted by Gasteiger charge is -2.12. The van der Waals surface area contributed by atoms with E-state index in [1.54, 1.807) is 49.5 Å². The Hall–Kier alpha value is -3.93. The Morgan fingerprint density at radius 1 is 0.867 bits per heavy atom. The molecule has 0 fully saturated rings. The van der Waals surface area contributed by atoms with E-state index in [1.807, 2.05) is 36.4 Å². The van der Waals surface area contributed by atoms with Crippen LogP contribution < -0.4 is 9.47 Å². The molecule has 3 aromatic carbocycles. The van der Waals surface area contributed by atoms with Gasteiger partial charge in [0.15, 0.2) is 0 Å². The highest BCUT2D eigenvalue weighted by Crippen LogP contribution is 2.36. The van der Waals surface area contributed by atoms with Gasteiger partial charge in [-0.25, -0.2) is 9.37 Å². The fraction of sp³-hybridized carbons (Fsp3) is 0.0833. The minimum Gasteiger partial charge on any atom is -0.497 e. The van der Waals surface area contributed by atoms with Crippen molar-refractivity contribution in [3.05, 3.63) is 79.0 Å². The van der Waals surface area contributed by atoms with Crippen LogP contribution in [0.5, 0.6) is 11.5 Å². The van der Waals surface area contributed by atoms with Crippen molar-refractivity contribution >= 4 is 21.9 Å². The summed E-state index contributed by atoms with van der Waals surface area (Å²) in [6, 6.07) is 18.3. The Bertz CT molecular complexity index is 1390. The summed E-state index contributed by atoms with van der Waals surface area (Å²) < 4.78 is 27.2. The van der Waals surface area contributed by atoms with Crippen LogP contribution in [-0.2, 0) is 0 Å². The first-order valence-electron chi connectivity index (χ1n) is 9.42. The molecule has 6 heteroatoms. The quantitative estimate of drug-likeness (QED) is 0.406. The van der Waals surface area contributed by atoms with Gasteiger partial charge in [0.25, 0.3) is 0 Å². The van der Waals surface area contributed by atoms with Gasteiger partial charge in [0.1, 0.15) is 29.2 Å². The number of ether oxygens (including phenoxy) is 2. The van der Waals surface area contributed by atoms with E-state index < -0.39 is 0 Å². The van der Waals surface area contributed by atoms with Gasteiger partial charge in [0.2, 0.25) is 0 Å². The molecule has 0 aliphatic rings. The molecule has 2 aromatic heterocycles. The molecule has 0 unspecified atom stereocenters. The van der Waals surface area contributed by atoms with E-state index >= 15 is 0 Å². The Morgan fingerprint density at radius 2 is 1.73 bits per heavy atom. The third-order valence-corrected chi connectivity index (χ3v) is 5.20. The number of para-hydroxylation sites is 1. The summed E-state index contributed by atoms with van der Waals surface area (Å²) in [5.41, 5.74) is 4.57. The minimum atomic E-state index is -0.313. The Labute approximate surface area is 172 Å². The molecule has 5 nitrogen and oxygen atoms in total. The van der Waals surface area contributed by atoms with Crippen LogP contribution in [0.4, 0.5) is 4.39 Å². The van der Waals surface area contributed by atoms with Crippen LogP contribution in [0.3, 0.4) is 0 Å². The van der Waals surface area contributed by atoms with Crippen molar-refractivity contribution < 1.29 is 13.9 Å². The molecule has 0 spiro atoms. The number of fused-ring (bicyclic) bond motifs is 3. The summed E-state index contributed by atoms with van der Waals surface area (Å²) in [6.45, 7) is 0. The number of aromatic nitrogens is 3. The summed E-state index contributed by atoms with van der Waals surface area (Å²) in [5, 5.41) is 0.871. The van der Waals surface area contributed by atoms with Crippen LogP contribution in [0.1, 0.15) is 0 Å². The molecule has 0 amide bonds. The SMILES string of the molecule is COc1ccc(OC)c(-c2ccc3ncc4ncn(-c5ccccc5F)c4c3c2)c1.